The first kappa shape index (κ1) is 32.6. The van der Waals surface area contributed by atoms with Crippen LogP contribution in [-0.2, 0) is 27.4 Å². The van der Waals surface area contributed by atoms with Crippen LogP contribution in [-0.4, -0.2) is 60.0 Å². The predicted molar refractivity (Wildman–Crippen MR) is 147 cm³/mol. The molecule has 1 heterocycles. The second-order valence-corrected chi connectivity index (χ2v) is 11.0. The van der Waals surface area contributed by atoms with E-state index in [9.17, 15) is 32.7 Å². The first-order valence-electron chi connectivity index (χ1n) is 13.4. The number of esters is 1. The zero-order valence-corrected chi connectivity index (χ0v) is 24.0. The first-order valence-corrected chi connectivity index (χ1v) is 13.4. The molecule has 2 aromatic carbocycles. The van der Waals surface area contributed by atoms with Crippen LogP contribution < -0.4 is 19.9 Å². The molecule has 0 aromatic heterocycles. The minimum Gasteiger partial charge on any atom is -0.487 e. The number of hydrogen-bond acceptors (Lipinski definition) is 6. The van der Waals surface area contributed by atoms with Gasteiger partial charge in [0, 0.05) is 24.2 Å². The van der Waals surface area contributed by atoms with Crippen molar-refractivity contribution in [1.29, 1.82) is 0 Å². The van der Waals surface area contributed by atoms with Crippen LogP contribution in [0.1, 0.15) is 52.2 Å². The van der Waals surface area contributed by atoms with Crippen molar-refractivity contribution >= 4 is 29.3 Å². The summed E-state index contributed by atoms with van der Waals surface area (Å²) in [4.78, 5) is 38.4. The summed E-state index contributed by atoms with van der Waals surface area (Å²) < 4.78 is 68.7. The van der Waals surface area contributed by atoms with Crippen LogP contribution in [0.5, 0.6) is 5.75 Å². The third-order valence-electron chi connectivity index (χ3n) is 6.57. The van der Waals surface area contributed by atoms with Gasteiger partial charge in [0.15, 0.2) is 5.82 Å². The van der Waals surface area contributed by atoms with Gasteiger partial charge in [-0.05, 0) is 46.1 Å². The lowest BCUT2D eigenvalue weighted by Crippen LogP contribution is -2.46. The molecule has 1 unspecified atom stereocenters. The Bertz CT molecular complexity index is 1300. The molecule has 0 saturated carbocycles. The Hall–Kier alpha value is -3.87. The zero-order valence-electron chi connectivity index (χ0n) is 24.0. The second kappa shape index (κ2) is 13.0. The smallest absolute Gasteiger partial charge is 0.471 e. The lowest BCUT2D eigenvalue weighted by molar-refractivity contribution is -0.171. The highest BCUT2D eigenvalue weighted by atomic mass is 19.4. The highest BCUT2D eigenvalue weighted by Gasteiger charge is 2.47. The van der Waals surface area contributed by atoms with E-state index in [1.54, 1.807) is 30.3 Å². The molecule has 0 spiro atoms. The number of carbonyl (C=O) groups is 3. The zero-order chi connectivity index (χ0) is 31.4. The Labute approximate surface area is 241 Å². The van der Waals surface area contributed by atoms with Gasteiger partial charge in [0.05, 0.1) is 11.7 Å². The van der Waals surface area contributed by atoms with Gasteiger partial charge >= 0.3 is 24.1 Å². The topological polar surface area (TPSA) is 108 Å². The quantitative estimate of drug-likeness (QED) is 0.278. The van der Waals surface area contributed by atoms with Crippen molar-refractivity contribution in [3.8, 4) is 5.75 Å². The molecular weight excluding hydrogens is 562 g/mol. The molecular formula is C29H35F4N3O6. The average Bonchev–Trinajstić information content (AvgIpc) is 3.27. The lowest BCUT2D eigenvalue weighted by atomic mass is 10.1. The SMILES string of the molecule is CCC(C)NC[C@H]1Cc2c(cc(OCc3ccccc3)c(N(CC(=O)OC(C)(C)C)C(=O)C(F)(F)F)c2F)N1C(=O)O. The fraction of sp³-hybridized carbons (Fsp3) is 0.483. The molecule has 0 bridgehead atoms. The third kappa shape index (κ3) is 7.90. The number of nitrogens with one attached hydrogen (secondary N) is 1. The van der Waals surface area contributed by atoms with Crippen molar-refractivity contribution in [1.82, 2.24) is 5.32 Å². The van der Waals surface area contributed by atoms with Gasteiger partial charge in [-0.3, -0.25) is 19.4 Å². The van der Waals surface area contributed by atoms with Gasteiger partial charge in [0.25, 0.3) is 0 Å². The van der Waals surface area contributed by atoms with Crippen LogP contribution in [0, 0.1) is 5.82 Å². The minimum atomic E-state index is -5.49. The third-order valence-corrected chi connectivity index (χ3v) is 6.57. The van der Waals surface area contributed by atoms with E-state index in [-0.39, 0.29) is 41.8 Å². The average molecular weight is 598 g/mol. The fourth-order valence-electron chi connectivity index (χ4n) is 4.49. The van der Waals surface area contributed by atoms with Crippen molar-refractivity contribution in [3.05, 3.63) is 53.3 Å². The van der Waals surface area contributed by atoms with Crippen molar-refractivity contribution in [3.63, 3.8) is 0 Å². The van der Waals surface area contributed by atoms with E-state index in [1.165, 1.54) is 20.8 Å². The van der Waals surface area contributed by atoms with E-state index < -0.39 is 59.6 Å². The number of benzene rings is 2. The normalized spacial score (nSPS) is 15.6. The summed E-state index contributed by atoms with van der Waals surface area (Å²) in [5.74, 6) is -5.57. The van der Waals surface area contributed by atoms with E-state index in [0.29, 0.717) is 5.56 Å². The van der Waals surface area contributed by atoms with Crippen LogP contribution in [0.3, 0.4) is 0 Å². The maximum atomic E-state index is 16.4. The number of halogens is 4. The summed E-state index contributed by atoms with van der Waals surface area (Å²) in [7, 11) is 0. The Morgan fingerprint density at radius 2 is 1.81 bits per heavy atom. The van der Waals surface area contributed by atoms with Gasteiger partial charge in [0.1, 0.15) is 30.2 Å². The maximum Gasteiger partial charge on any atom is 0.471 e. The van der Waals surface area contributed by atoms with E-state index >= 15 is 4.39 Å². The Kier molecular flexibility index (Phi) is 10.1. The molecule has 0 aliphatic carbocycles. The molecule has 3 rings (SSSR count). The number of alkyl halides is 3. The van der Waals surface area contributed by atoms with Crippen LogP contribution in [0.15, 0.2) is 36.4 Å². The summed E-state index contributed by atoms with van der Waals surface area (Å²) in [5.41, 5.74) is -1.82. The van der Waals surface area contributed by atoms with Crippen LogP contribution in [0.2, 0.25) is 0 Å². The molecule has 0 saturated heterocycles. The van der Waals surface area contributed by atoms with Crippen molar-refractivity contribution in [2.75, 3.05) is 22.9 Å². The molecule has 2 N–H and O–H groups in total. The molecule has 42 heavy (non-hydrogen) atoms. The number of ether oxygens (including phenoxy) is 2. The molecule has 13 heteroatoms. The predicted octanol–water partition coefficient (Wildman–Crippen LogP) is 5.44. The van der Waals surface area contributed by atoms with Crippen molar-refractivity contribution in [2.45, 2.75) is 77.9 Å². The van der Waals surface area contributed by atoms with E-state index in [1.807, 2.05) is 13.8 Å². The number of nitrogens with zero attached hydrogens (tertiary/aromatic N) is 2. The van der Waals surface area contributed by atoms with E-state index in [2.05, 4.69) is 5.32 Å². The van der Waals surface area contributed by atoms with Gasteiger partial charge in [-0.15, -0.1) is 0 Å². The summed E-state index contributed by atoms with van der Waals surface area (Å²) in [6, 6.07) is 8.73. The summed E-state index contributed by atoms with van der Waals surface area (Å²) in [6.07, 6.45) is -6.34. The summed E-state index contributed by atoms with van der Waals surface area (Å²) >= 11 is 0. The largest absolute Gasteiger partial charge is 0.487 e. The van der Waals surface area contributed by atoms with Gasteiger partial charge in [-0.2, -0.15) is 13.2 Å². The standard InChI is InChI=1S/C29H35F4N3O6/c1-6-17(2)34-14-19-12-20-21(36(19)27(39)40)13-22(41-16-18-10-8-7-9-11-18)25(24(20)30)35(26(38)29(31,32)33)15-23(37)42-28(3,4)5/h7-11,13,17,19,34H,6,12,14-16H2,1-5H3,(H,39,40)/t17?,19-/m1/s1. The van der Waals surface area contributed by atoms with E-state index in [4.69, 9.17) is 9.47 Å². The number of hydrogen-bond donors (Lipinski definition) is 2. The Morgan fingerprint density at radius 3 is 2.36 bits per heavy atom. The summed E-state index contributed by atoms with van der Waals surface area (Å²) in [6.45, 7) is 6.88. The molecule has 9 nitrogen and oxygen atoms in total. The monoisotopic (exact) mass is 597 g/mol. The van der Waals surface area contributed by atoms with Crippen LogP contribution in [0.4, 0.5) is 33.7 Å². The molecule has 2 aromatic rings. The minimum absolute atomic E-state index is 0.0169. The Balaban J connectivity index is 2.18. The molecule has 2 amide bonds. The Morgan fingerprint density at radius 1 is 1.17 bits per heavy atom. The number of carboxylic acid groups (broad SMARTS) is 1. The number of amides is 2. The van der Waals surface area contributed by atoms with Crippen LogP contribution in [0.25, 0.3) is 0 Å². The maximum absolute atomic E-state index is 16.4. The van der Waals surface area contributed by atoms with Gasteiger partial charge in [0.2, 0.25) is 0 Å². The summed E-state index contributed by atoms with van der Waals surface area (Å²) in [5, 5.41) is 13.2. The molecule has 2 atom stereocenters. The van der Waals surface area contributed by atoms with Gasteiger partial charge < -0.3 is 19.9 Å². The number of fused-ring (bicyclic) bond motifs is 1. The molecule has 0 fully saturated rings. The van der Waals surface area contributed by atoms with E-state index in [0.717, 1.165) is 17.4 Å². The number of anilines is 2. The molecule has 1 aliphatic heterocycles. The second-order valence-electron chi connectivity index (χ2n) is 11.0. The molecule has 0 radical (unpaired) electrons. The van der Waals surface area contributed by atoms with Crippen molar-refractivity contribution < 1.29 is 46.5 Å². The molecule has 1 aliphatic rings. The highest BCUT2D eigenvalue weighted by Crippen LogP contribution is 2.45. The lowest BCUT2D eigenvalue weighted by Gasteiger charge is -2.28. The molecule has 230 valence electrons. The van der Waals surface area contributed by atoms with Gasteiger partial charge in [-0.1, -0.05) is 37.3 Å². The van der Waals surface area contributed by atoms with Gasteiger partial charge in [-0.25, -0.2) is 9.18 Å². The fourth-order valence-corrected chi connectivity index (χ4v) is 4.49. The number of carbonyl (C=O) groups excluding carboxylic acids is 2. The first-order chi connectivity index (χ1) is 19.5. The highest BCUT2D eigenvalue weighted by molar-refractivity contribution is 6.03. The van der Waals surface area contributed by atoms with Crippen molar-refractivity contribution in [2.24, 2.45) is 0 Å². The number of rotatable bonds is 10. The van der Waals surface area contributed by atoms with Crippen LogP contribution >= 0.6 is 0 Å².